The number of ether oxygens (including phenoxy) is 2. The lowest BCUT2D eigenvalue weighted by molar-refractivity contribution is 0.414. The highest BCUT2D eigenvalue weighted by Crippen LogP contribution is 2.66. The van der Waals surface area contributed by atoms with Gasteiger partial charge in [0.15, 0.2) is 0 Å². The summed E-state index contributed by atoms with van der Waals surface area (Å²) in [5.41, 5.74) is 22.0. The van der Waals surface area contributed by atoms with Crippen molar-refractivity contribution in [2.45, 2.75) is 19.3 Å². The van der Waals surface area contributed by atoms with Crippen molar-refractivity contribution in [1.82, 2.24) is 4.40 Å². The van der Waals surface area contributed by atoms with E-state index in [2.05, 4.69) is 240 Å². The molecule has 2 aromatic heterocycles. The van der Waals surface area contributed by atoms with Gasteiger partial charge in [-0.1, -0.05) is 126 Å². The molecule has 10 aromatic carbocycles. The van der Waals surface area contributed by atoms with Crippen LogP contribution in [0.4, 0.5) is 34.1 Å². The first-order valence-corrected chi connectivity index (χ1v) is 24.1. The summed E-state index contributed by atoms with van der Waals surface area (Å²) in [5.74, 6) is 1.64. The molecular weight excluding hydrogens is 855 g/mol. The minimum Gasteiger partial charge on any atom is -0.497 e. The standard InChI is InChI=1S/C65H47N3O2/c1-40-20-24-42(25-21-40)66(43-28-33-47(69-3)34-29-43)46-32-37-53-57(38-46)65(55-17-8-5-12-49(55)50-13-6-9-18-56(50)65)58-39-60(67(44-26-22-41(2)23-27-44)45-30-35-48(70-4)36-31-45)62-54-16-11-15-52-51-14-7-10-19-59(51)68(63(52)54)64(62)61(53)58/h5-39H,1-4H3. The number of hydrogen-bond acceptors (Lipinski definition) is 4. The van der Waals surface area contributed by atoms with Gasteiger partial charge in [-0.05, 0) is 150 Å². The zero-order valence-corrected chi connectivity index (χ0v) is 39.4. The smallest absolute Gasteiger partial charge is 0.119 e. The van der Waals surface area contributed by atoms with Crippen LogP contribution in [0, 0.1) is 13.8 Å². The van der Waals surface area contributed by atoms with Crippen molar-refractivity contribution >= 4 is 72.2 Å². The Balaban J connectivity index is 1.17. The fourth-order valence-electron chi connectivity index (χ4n) is 12.2. The average molecular weight is 902 g/mol. The highest BCUT2D eigenvalue weighted by atomic mass is 16.5. The number of para-hydroxylation sites is 2. The number of methoxy groups -OCH3 is 2. The van der Waals surface area contributed by atoms with Crippen LogP contribution in [0.1, 0.15) is 33.4 Å². The zero-order chi connectivity index (χ0) is 46.8. The number of fused-ring (bicyclic) bond motifs is 17. The summed E-state index contributed by atoms with van der Waals surface area (Å²) < 4.78 is 14.0. The van der Waals surface area contributed by atoms with E-state index in [1.54, 1.807) is 14.2 Å². The number of aromatic nitrogens is 1. The van der Waals surface area contributed by atoms with E-state index in [1.807, 2.05) is 0 Å². The highest BCUT2D eigenvalue weighted by Gasteiger charge is 2.53. The lowest BCUT2D eigenvalue weighted by atomic mass is 9.70. The molecule has 14 rings (SSSR count). The third-order valence-corrected chi connectivity index (χ3v) is 15.2. The number of anilines is 6. The van der Waals surface area contributed by atoms with Gasteiger partial charge in [-0.15, -0.1) is 0 Å². The van der Waals surface area contributed by atoms with E-state index < -0.39 is 5.41 Å². The van der Waals surface area contributed by atoms with E-state index in [-0.39, 0.29) is 0 Å². The van der Waals surface area contributed by atoms with Gasteiger partial charge in [0.1, 0.15) is 11.5 Å². The lowest BCUT2D eigenvalue weighted by Gasteiger charge is -2.33. The van der Waals surface area contributed by atoms with E-state index >= 15 is 0 Å². The number of rotatable bonds is 8. The Morgan fingerprint density at radius 3 is 1.49 bits per heavy atom. The minimum absolute atomic E-state index is 0.688. The van der Waals surface area contributed by atoms with Crippen molar-refractivity contribution in [2.75, 3.05) is 24.0 Å². The first kappa shape index (κ1) is 40.3. The predicted octanol–water partition coefficient (Wildman–Crippen LogP) is 16.8. The van der Waals surface area contributed by atoms with Gasteiger partial charge in [-0.3, -0.25) is 0 Å². The Kier molecular flexibility index (Phi) is 8.69. The predicted molar refractivity (Wildman–Crippen MR) is 289 cm³/mol. The van der Waals surface area contributed by atoms with Crippen molar-refractivity contribution in [3.8, 4) is 33.8 Å². The maximum absolute atomic E-state index is 5.76. The number of nitrogens with zero attached hydrogens (tertiary/aromatic N) is 3. The lowest BCUT2D eigenvalue weighted by Crippen LogP contribution is -2.26. The maximum atomic E-state index is 5.76. The van der Waals surface area contributed by atoms with Crippen molar-refractivity contribution in [1.29, 1.82) is 0 Å². The van der Waals surface area contributed by atoms with Crippen LogP contribution in [-0.4, -0.2) is 18.6 Å². The fraction of sp³-hybridized carbons (Fsp3) is 0.0769. The Morgan fingerprint density at radius 1 is 0.386 bits per heavy atom. The van der Waals surface area contributed by atoms with Crippen LogP contribution < -0.4 is 19.3 Å². The molecular formula is C65H47N3O2. The second-order valence-electron chi connectivity index (χ2n) is 18.9. The topological polar surface area (TPSA) is 29.4 Å². The highest BCUT2D eigenvalue weighted by molar-refractivity contribution is 6.29. The Bertz CT molecular complexity index is 3990. The molecule has 334 valence electrons. The third kappa shape index (κ3) is 5.49. The zero-order valence-electron chi connectivity index (χ0n) is 39.4. The van der Waals surface area contributed by atoms with Crippen LogP contribution in [0.15, 0.2) is 212 Å². The second-order valence-corrected chi connectivity index (χ2v) is 18.9. The van der Waals surface area contributed by atoms with Gasteiger partial charge in [0.2, 0.25) is 0 Å². The molecule has 0 amide bonds. The van der Waals surface area contributed by atoms with E-state index in [1.165, 1.54) is 93.7 Å². The molecule has 5 heteroatoms. The van der Waals surface area contributed by atoms with Gasteiger partial charge < -0.3 is 23.7 Å². The Labute approximate surface area is 407 Å². The summed E-state index contributed by atoms with van der Waals surface area (Å²) in [6, 6.07) is 78.7. The summed E-state index contributed by atoms with van der Waals surface area (Å²) in [6.45, 7) is 4.31. The minimum atomic E-state index is -0.688. The van der Waals surface area contributed by atoms with Crippen molar-refractivity contribution in [3.63, 3.8) is 0 Å². The van der Waals surface area contributed by atoms with Crippen LogP contribution >= 0.6 is 0 Å². The summed E-state index contributed by atoms with van der Waals surface area (Å²) in [7, 11) is 3.46. The van der Waals surface area contributed by atoms with Crippen molar-refractivity contribution in [2.24, 2.45) is 0 Å². The Hall–Kier alpha value is -8.80. The van der Waals surface area contributed by atoms with E-state index in [9.17, 15) is 0 Å². The van der Waals surface area contributed by atoms with Gasteiger partial charge in [-0.25, -0.2) is 0 Å². The molecule has 0 fully saturated rings. The molecule has 12 aromatic rings. The maximum Gasteiger partial charge on any atom is 0.119 e. The summed E-state index contributed by atoms with van der Waals surface area (Å²) in [5, 5.41) is 4.95. The molecule has 0 N–H and O–H groups in total. The van der Waals surface area contributed by atoms with E-state index in [4.69, 9.17) is 9.47 Å². The van der Waals surface area contributed by atoms with Crippen LogP contribution in [0.2, 0.25) is 0 Å². The first-order chi connectivity index (χ1) is 34.5. The molecule has 5 nitrogen and oxygen atoms in total. The molecule has 2 aliphatic rings. The molecule has 0 aliphatic heterocycles. The molecule has 0 unspecified atom stereocenters. The van der Waals surface area contributed by atoms with Crippen molar-refractivity contribution in [3.05, 3.63) is 246 Å². The summed E-state index contributed by atoms with van der Waals surface area (Å²) in [6.07, 6.45) is 0. The summed E-state index contributed by atoms with van der Waals surface area (Å²) >= 11 is 0. The molecule has 2 heterocycles. The van der Waals surface area contributed by atoms with Crippen LogP contribution in [-0.2, 0) is 5.41 Å². The molecule has 0 saturated heterocycles. The van der Waals surface area contributed by atoms with Crippen LogP contribution in [0.5, 0.6) is 11.5 Å². The van der Waals surface area contributed by atoms with E-state index in [0.717, 1.165) is 45.6 Å². The molecule has 0 bridgehead atoms. The van der Waals surface area contributed by atoms with Gasteiger partial charge in [-0.2, -0.15) is 0 Å². The SMILES string of the molecule is COc1ccc(N(c2ccc(C)cc2)c2ccc3c(c2)C2(c4ccccc4-c4ccccc42)c2cc(N(c4ccc(C)cc4)c4ccc(OC)cc4)c4c5cccc6c7ccccc7n(c4c2-3)c65)cc1. The summed E-state index contributed by atoms with van der Waals surface area (Å²) in [4.78, 5) is 4.86. The number of benzene rings is 10. The van der Waals surface area contributed by atoms with Gasteiger partial charge in [0, 0.05) is 55.5 Å². The number of aryl methyl sites for hydroxylation is 2. The normalized spacial score (nSPS) is 13.0. The third-order valence-electron chi connectivity index (χ3n) is 15.2. The Morgan fingerprint density at radius 2 is 0.886 bits per heavy atom. The quantitative estimate of drug-likeness (QED) is 0.152. The van der Waals surface area contributed by atoms with Crippen LogP contribution in [0.25, 0.3) is 60.3 Å². The second kappa shape index (κ2) is 15.1. The molecule has 0 radical (unpaired) electrons. The van der Waals surface area contributed by atoms with Gasteiger partial charge in [0.25, 0.3) is 0 Å². The van der Waals surface area contributed by atoms with Gasteiger partial charge in [0.05, 0.1) is 41.9 Å². The molecule has 2 aliphatic carbocycles. The molecule has 70 heavy (non-hydrogen) atoms. The molecule has 1 spiro atoms. The van der Waals surface area contributed by atoms with Crippen LogP contribution in [0.3, 0.4) is 0 Å². The largest absolute Gasteiger partial charge is 0.497 e. The monoisotopic (exact) mass is 901 g/mol. The molecule has 0 atom stereocenters. The van der Waals surface area contributed by atoms with Crippen molar-refractivity contribution < 1.29 is 9.47 Å². The first-order valence-electron chi connectivity index (χ1n) is 24.1. The van der Waals surface area contributed by atoms with E-state index in [0.29, 0.717) is 0 Å². The van der Waals surface area contributed by atoms with Gasteiger partial charge >= 0.3 is 0 Å². The molecule has 0 saturated carbocycles. The fourth-order valence-corrected chi connectivity index (χ4v) is 12.2. The average Bonchev–Trinajstić information content (AvgIpc) is 4.12. The number of hydrogen-bond donors (Lipinski definition) is 0.